The van der Waals surface area contributed by atoms with E-state index in [4.69, 9.17) is 19.9 Å². The molecular weight excluding hydrogens is 298 g/mol. The highest BCUT2D eigenvalue weighted by atomic mass is 16.6. The Hall–Kier alpha value is -0.890. The van der Waals surface area contributed by atoms with Gasteiger partial charge < -0.3 is 25.3 Å². The topological polar surface area (TPSA) is 86.0 Å². The standard InChI is InChI=1S/C16H35N3O4/c1-6-21-10-8-19(9-11-22-7-2)14(12-17)13-18-15(20)23-16(3,4)5/h14H,6-13,17H2,1-5H3,(H,18,20). The van der Waals surface area contributed by atoms with Crippen molar-refractivity contribution < 1.29 is 19.0 Å². The Morgan fingerprint density at radius 2 is 1.65 bits per heavy atom. The number of nitrogens with two attached hydrogens (primary N) is 1. The van der Waals surface area contributed by atoms with Crippen LogP contribution in [0.3, 0.4) is 0 Å². The zero-order chi connectivity index (χ0) is 17.7. The molecule has 138 valence electrons. The number of hydrogen-bond acceptors (Lipinski definition) is 6. The maximum atomic E-state index is 11.8. The number of hydrogen-bond donors (Lipinski definition) is 2. The van der Waals surface area contributed by atoms with Crippen LogP contribution in [0.2, 0.25) is 0 Å². The summed E-state index contributed by atoms with van der Waals surface area (Å²) in [7, 11) is 0. The van der Waals surface area contributed by atoms with E-state index in [1.165, 1.54) is 0 Å². The third kappa shape index (κ3) is 12.2. The molecule has 0 heterocycles. The molecule has 0 bridgehead atoms. The summed E-state index contributed by atoms with van der Waals surface area (Å²) in [6, 6.07) is 0.0171. The van der Waals surface area contributed by atoms with Gasteiger partial charge in [-0.25, -0.2) is 4.79 Å². The van der Waals surface area contributed by atoms with Crippen LogP contribution in [0.25, 0.3) is 0 Å². The Bertz CT molecular complexity index is 298. The summed E-state index contributed by atoms with van der Waals surface area (Å²) in [5, 5.41) is 2.79. The lowest BCUT2D eigenvalue weighted by atomic mass is 10.2. The quantitative estimate of drug-likeness (QED) is 0.522. The number of carbonyl (C=O) groups excluding carboxylic acids is 1. The van der Waals surface area contributed by atoms with Crippen molar-refractivity contribution in [3.05, 3.63) is 0 Å². The van der Waals surface area contributed by atoms with Crippen molar-refractivity contribution in [1.82, 2.24) is 10.2 Å². The van der Waals surface area contributed by atoms with Crippen LogP contribution in [-0.2, 0) is 14.2 Å². The summed E-state index contributed by atoms with van der Waals surface area (Å²) in [4.78, 5) is 14.0. The van der Waals surface area contributed by atoms with Crippen LogP contribution in [0.15, 0.2) is 0 Å². The van der Waals surface area contributed by atoms with Gasteiger partial charge in [0.2, 0.25) is 0 Å². The summed E-state index contributed by atoms with van der Waals surface area (Å²) in [5.74, 6) is 0. The number of amides is 1. The van der Waals surface area contributed by atoms with Crippen LogP contribution < -0.4 is 11.1 Å². The van der Waals surface area contributed by atoms with E-state index in [1.54, 1.807) is 0 Å². The first-order chi connectivity index (χ1) is 10.8. The third-order valence-corrected chi connectivity index (χ3v) is 3.12. The maximum Gasteiger partial charge on any atom is 0.407 e. The van der Waals surface area contributed by atoms with E-state index < -0.39 is 11.7 Å². The lowest BCUT2D eigenvalue weighted by molar-refractivity contribution is 0.0463. The average Bonchev–Trinajstić information content (AvgIpc) is 2.45. The molecular formula is C16H35N3O4. The second-order valence-electron chi connectivity index (χ2n) is 6.20. The van der Waals surface area contributed by atoms with Gasteiger partial charge in [0, 0.05) is 45.4 Å². The van der Waals surface area contributed by atoms with Crippen LogP contribution in [0, 0.1) is 0 Å². The lowest BCUT2D eigenvalue weighted by Crippen LogP contribution is -2.50. The van der Waals surface area contributed by atoms with Crippen molar-refractivity contribution >= 4 is 6.09 Å². The Morgan fingerprint density at radius 1 is 1.13 bits per heavy atom. The van der Waals surface area contributed by atoms with E-state index in [1.807, 2.05) is 34.6 Å². The lowest BCUT2D eigenvalue weighted by Gasteiger charge is -2.31. The van der Waals surface area contributed by atoms with Crippen molar-refractivity contribution in [2.45, 2.75) is 46.3 Å². The maximum absolute atomic E-state index is 11.8. The summed E-state index contributed by atoms with van der Waals surface area (Å²) in [5.41, 5.74) is 5.37. The Labute approximate surface area is 140 Å². The van der Waals surface area contributed by atoms with Crippen LogP contribution in [-0.4, -0.2) is 75.2 Å². The molecule has 0 rings (SSSR count). The van der Waals surface area contributed by atoms with Gasteiger partial charge in [0.15, 0.2) is 0 Å². The Morgan fingerprint density at radius 3 is 2.04 bits per heavy atom. The van der Waals surface area contributed by atoms with Gasteiger partial charge in [0.1, 0.15) is 5.60 Å². The predicted octanol–water partition coefficient (Wildman–Crippen LogP) is 1.21. The summed E-state index contributed by atoms with van der Waals surface area (Å²) in [6.07, 6.45) is -0.425. The van der Waals surface area contributed by atoms with Crippen LogP contribution in [0.1, 0.15) is 34.6 Å². The molecule has 0 aliphatic carbocycles. The minimum atomic E-state index is -0.508. The zero-order valence-electron chi connectivity index (χ0n) is 15.4. The highest BCUT2D eigenvalue weighted by molar-refractivity contribution is 5.67. The molecule has 0 aromatic heterocycles. The van der Waals surface area contributed by atoms with Crippen LogP contribution in [0.5, 0.6) is 0 Å². The molecule has 1 atom stereocenters. The molecule has 1 amide bonds. The van der Waals surface area contributed by atoms with Crippen LogP contribution >= 0.6 is 0 Å². The smallest absolute Gasteiger partial charge is 0.407 e. The fourth-order valence-electron chi connectivity index (χ4n) is 2.01. The second-order valence-corrected chi connectivity index (χ2v) is 6.20. The first-order valence-corrected chi connectivity index (χ1v) is 8.40. The van der Waals surface area contributed by atoms with Crippen molar-refractivity contribution in [3.8, 4) is 0 Å². The minimum Gasteiger partial charge on any atom is -0.444 e. The van der Waals surface area contributed by atoms with Gasteiger partial charge in [-0.05, 0) is 34.6 Å². The molecule has 0 fully saturated rings. The molecule has 23 heavy (non-hydrogen) atoms. The fraction of sp³-hybridized carbons (Fsp3) is 0.938. The van der Waals surface area contributed by atoms with Gasteiger partial charge in [-0.3, -0.25) is 4.90 Å². The van der Waals surface area contributed by atoms with Crippen molar-refractivity contribution in [1.29, 1.82) is 0 Å². The molecule has 0 aliphatic rings. The number of ether oxygens (including phenoxy) is 3. The van der Waals surface area contributed by atoms with Crippen molar-refractivity contribution in [2.24, 2.45) is 5.73 Å². The zero-order valence-corrected chi connectivity index (χ0v) is 15.4. The molecule has 7 heteroatoms. The first-order valence-electron chi connectivity index (χ1n) is 8.40. The monoisotopic (exact) mass is 333 g/mol. The first kappa shape index (κ1) is 22.1. The molecule has 0 aliphatic heterocycles. The normalized spacial score (nSPS) is 13.2. The van der Waals surface area contributed by atoms with Crippen LogP contribution in [0.4, 0.5) is 4.79 Å². The number of nitrogens with one attached hydrogen (secondary N) is 1. The molecule has 0 saturated heterocycles. The summed E-state index contributed by atoms with van der Waals surface area (Å²) < 4.78 is 16.1. The molecule has 3 N–H and O–H groups in total. The number of rotatable bonds is 12. The van der Waals surface area contributed by atoms with E-state index in [0.29, 0.717) is 39.5 Å². The second kappa shape index (κ2) is 12.5. The highest BCUT2D eigenvalue weighted by Gasteiger charge is 2.20. The van der Waals surface area contributed by atoms with Crippen molar-refractivity contribution in [3.63, 3.8) is 0 Å². The number of carbonyl (C=O) groups is 1. The van der Waals surface area contributed by atoms with Gasteiger partial charge in [-0.15, -0.1) is 0 Å². The van der Waals surface area contributed by atoms with E-state index in [0.717, 1.165) is 13.1 Å². The molecule has 0 radical (unpaired) electrons. The molecule has 0 spiro atoms. The molecule has 1 unspecified atom stereocenters. The van der Waals surface area contributed by atoms with E-state index in [2.05, 4.69) is 10.2 Å². The third-order valence-electron chi connectivity index (χ3n) is 3.12. The summed E-state index contributed by atoms with van der Waals surface area (Å²) >= 11 is 0. The number of nitrogens with zero attached hydrogens (tertiary/aromatic N) is 1. The minimum absolute atomic E-state index is 0.0171. The molecule has 0 aromatic carbocycles. The Balaban J connectivity index is 4.44. The van der Waals surface area contributed by atoms with Gasteiger partial charge >= 0.3 is 6.09 Å². The molecule has 0 saturated carbocycles. The van der Waals surface area contributed by atoms with E-state index in [9.17, 15) is 4.79 Å². The SMILES string of the molecule is CCOCCN(CCOCC)C(CN)CNC(=O)OC(C)(C)C. The van der Waals surface area contributed by atoms with Gasteiger partial charge in [0.05, 0.1) is 13.2 Å². The highest BCUT2D eigenvalue weighted by Crippen LogP contribution is 2.06. The molecule has 0 aromatic rings. The van der Waals surface area contributed by atoms with Gasteiger partial charge in [0.25, 0.3) is 0 Å². The average molecular weight is 333 g/mol. The predicted molar refractivity (Wildman–Crippen MR) is 91.6 cm³/mol. The van der Waals surface area contributed by atoms with Crippen molar-refractivity contribution in [2.75, 3.05) is 52.6 Å². The van der Waals surface area contributed by atoms with E-state index in [-0.39, 0.29) is 6.04 Å². The van der Waals surface area contributed by atoms with E-state index >= 15 is 0 Å². The Kier molecular flexibility index (Phi) is 12.0. The summed E-state index contributed by atoms with van der Waals surface area (Å²) in [6.45, 7) is 14.4. The fourth-order valence-corrected chi connectivity index (χ4v) is 2.01. The number of alkyl carbamates (subject to hydrolysis) is 1. The van der Waals surface area contributed by atoms with Gasteiger partial charge in [-0.1, -0.05) is 0 Å². The largest absolute Gasteiger partial charge is 0.444 e. The van der Waals surface area contributed by atoms with Gasteiger partial charge in [-0.2, -0.15) is 0 Å². The molecule has 7 nitrogen and oxygen atoms in total.